The van der Waals surface area contributed by atoms with Gasteiger partial charge in [0.05, 0.1) is 5.41 Å². The molecule has 0 atom stereocenters. The second-order valence-electron chi connectivity index (χ2n) is 9.78. The quantitative estimate of drug-likeness (QED) is 0.177. The van der Waals surface area contributed by atoms with Crippen molar-refractivity contribution in [2.24, 2.45) is 9.98 Å². The highest BCUT2D eigenvalue weighted by Crippen LogP contribution is 2.44. The molecule has 218 valence electrons. The molecule has 2 aromatic carbocycles. The van der Waals surface area contributed by atoms with E-state index in [9.17, 15) is 13.6 Å². The molecule has 1 aliphatic rings. The maximum atomic E-state index is 12.7. The van der Waals surface area contributed by atoms with Crippen molar-refractivity contribution >= 4 is 29.7 Å². The summed E-state index contributed by atoms with van der Waals surface area (Å²) < 4.78 is 29.7. The number of alkyl halides is 2. The van der Waals surface area contributed by atoms with Gasteiger partial charge in [-0.25, -0.2) is 0 Å². The monoisotopic (exact) mass is 552 g/mol. The van der Waals surface area contributed by atoms with Crippen LogP contribution in [0.15, 0.2) is 65.1 Å². The van der Waals surface area contributed by atoms with E-state index in [1.54, 1.807) is 19.2 Å². The number of hydrogen-bond acceptors (Lipinski definition) is 4. The van der Waals surface area contributed by atoms with E-state index in [0.717, 1.165) is 32.1 Å². The van der Waals surface area contributed by atoms with Gasteiger partial charge in [0.15, 0.2) is 0 Å². The highest BCUT2D eigenvalue weighted by molar-refractivity contribution is 5.97. The fourth-order valence-electron chi connectivity index (χ4n) is 4.91. The van der Waals surface area contributed by atoms with E-state index in [2.05, 4.69) is 75.3 Å². The Morgan fingerprint density at radius 1 is 1.05 bits per heavy atom. The normalized spacial score (nSPS) is 14.0. The summed E-state index contributed by atoms with van der Waals surface area (Å²) in [5, 5.41) is 0. The van der Waals surface area contributed by atoms with Crippen molar-refractivity contribution in [3.63, 3.8) is 0 Å². The Bertz CT molecular complexity index is 1170. The van der Waals surface area contributed by atoms with Gasteiger partial charge in [-0.1, -0.05) is 88.7 Å². The Balaban J connectivity index is 0.000000369. The smallest absolute Gasteiger partial charge is 0.312 e. The van der Waals surface area contributed by atoms with Crippen molar-refractivity contribution in [3.05, 3.63) is 82.9 Å². The van der Waals surface area contributed by atoms with Crippen LogP contribution in [0.3, 0.4) is 0 Å². The van der Waals surface area contributed by atoms with Crippen molar-refractivity contribution in [3.8, 4) is 0 Å². The third kappa shape index (κ3) is 9.07. The molecular formula is C34H46F2N2O2. The summed E-state index contributed by atoms with van der Waals surface area (Å²) in [5.41, 5.74) is 6.74. The zero-order valence-electron chi connectivity index (χ0n) is 25.3. The number of aryl methyl sites for hydroxylation is 1. The predicted molar refractivity (Wildman–Crippen MR) is 167 cm³/mol. The van der Waals surface area contributed by atoms with Crippen LogP contribution in [0.5, 0.6) is 0 Å². The molecule has 0 N–H and O–H groups in total. The van der Waals surface area contributed by atoms with Crippen molar-refractivity contribution in [1.29, 1.82) is 0 Å². The van der Waals surface area contributed by atoms with Gasteiger partial charge in [-0.05, 0) is 67.7 Å². The van der Waals surface area contributed by atoms with Crippen LogP contribution in [0.2, 0.25) is 0 Å². The Hall–Kier alpha value is -3.41. The number of carbonyl (C=O) groups is 1. The maximum absolute atomic E-state index is 12.7. The van der Waals surface area contributed by atoms with Crippen LogP contribution in [0.25, 0.3) is 11.3 Å². The summed E-state index contributed by atoms with van der Waals surface area (Å²) in [4.78, 5) is 19.3. The molecule has 2 aromatic rings. The Kier molecular flexibility index (Phi) is 15.0. The number of benzene rings is 2. The first-order valence-corrected chi connectivity index (χ1v) is 13.9. The van der Waals surface area contributed by atoms with E-state index in [4.69, 9.17) is 4.74 Å². The second kappa shape index (κ2) is 17.3. The van der Waals surface area contributed by atoms with Crippen molar-refractivity contribution in [1.82, 2.24) is 0 Å². The summed E-state index contributed by atoms with van der Waals surface area (Å²) >= 11 is 0. The molecule has 0 aromatic heterocycles. The molecule has 0 spiro atoms. The third-order valence-electron chi connectivity index (χ3n) is 7.07. The lowest BCUT2D eigenvalue weighted by atomic mass is 9.73. The largest absolute Gasteiger partial charge is 0.438 e. The number of Topliss-reactive ketones (excluding diaryl/α,β-unsaturated/α-hetero) is 1. The summed E-state index contributed by atoms with van der Waals surface area (Å²) in [5.74, 6) is -0.00500. The molecule has 40 heavy (non-hydrogen) atoms. The van der Waals surface area contributed by atoms with Crippen LogP contribution >= 0.6 is 0 Å². The minimum absolute atomic E-state index is 0.175. The number of ketones is 1. The number of fused-ring (bicyclic) bond motifs is 1. The van der Waals surface area contributed by atoms with Gasteiger partial charge in [-0.2, -0.15) is 8.78 Å². The number of allylic oxidation sites excluding steroid dienone is 2. The average molecular weight is 553 g/mol. The Morgan fingerprint density at radius 2 is 1.60 bits per heavy atom. The number of ether oxygens (including phenoxy) is 1. The van der Waals surface area contributed by atoms with E-state index in [1.165, 1.54) is 34.9 Å². The van der Waals surface area contributed by atoms with Gasteiger partial charge in [0.2, 0.25) is 0 Å². The third-order valence-corrected chi connectivity index (χ3v) is 7.07. The van der Waals surface area contributed by atoms with Crippen molar-refractivity contribution < 1.29 is 18.3 Å². The zero-order chi connectivity index (χ0) is 30.3. The lowest BCUT2D eigenvalue weighted by molar-refractivity contribution is -0.123. The highest BCUT2D eigenvalue weighted by atomic mass is 19.3. The van der Waals surface area contributed by atoms with E-state index < -0.39 is 12.3 Å². The summed E-state index contributed by atoms with van der Waals surface area (Å²) in [7, 11) is 2.90. The molecule has 0 fully saturated rings. The maximum Gasteiger partial charge on any atom is 0.312 e. The molecule has 0 aliphatic heterocycles. The number of halogens is 2. The van der Waals surface area contributed by atoms with E-state index in [-0.39, 0.29) is 11.2 Å². The van der Waals surface area contributed by atoms with Crippen LogP contribution in [-0.4, -0.2) is 38.9 Å². The van der Waals surface area contributed by atoms with Gasteiger partial charge in [-0.3, -0.25) is 9.79 Å². The first kappa shape index (κ1) is 34.6. The number of rotatable bonds is 9. The molecule has 1 aliphatic carbocycles. The summed E-state index contributed by atoms with van der Waals surface area (Å²) in [6.07, 6.45) is 5.08. The van der Waals surface area contributed by atoms with Crippen molar-refractivity contribution in [2.75, 3.05) is 14.1 Å². The molecule has 0 heterocycles. The van der Waals surface area contributed by atoms with Crippen LogP contribution in [0.1, 0.15) is 88.1 Å². The number of hydrogen-bond donors (Lipinski definition) is 0. The Morgan fingerprint density at radius 3 is 2.05 bits per heavy atom. The van der Waals surface area contributed by atoms with Crippen LogP contribution in [0, 0.1) is 0 Å². The minimum Gasteiger partial charge on any atom is -0.438 e. The van der Waals surface area contributed by atoms with E-state index in [1.807, 2.05) is 19.1 Å². The predicted octanol–water partition coefficient (Wildman–Crippen LogP) is 8.92. The number of aliphatic imine (C=N–C) groups is 2. The van der Waals surface area contributed by atoms with Gasteiger partial charge < -0.3 is 9.73 Å². The second-order valence-corrected chi connectivity index (χ2v) is 9.78. The van der Waals surface area contributed by atoms with Crippen LogP contribution in [0.4, 0.5) is 8.78 Å². The average Bonchev–Trinajstić information content (AvgIpc) is 3.22. The molecule has 3 rings (SSSR count). The molecule has 0 bridgehead atoms. The van der Waals surface area contributed by atoms with Crippen LogP contribution < -0.4 is 0 Å². The van der Waals surface area contributed by atoms with Gasteiger partial charge in [-0.15, -0.1) is 0 Å². The lowest BCUT2D eigenvalue weighted by Gasteiger charge is -2.28. The fraction of sp³-hybridized carbons (Fsp3) is 0.441. The minimum atomic E-state index is -2.73. The zero-order valence-corrected chi connectivity index (χ0v) is 25.3. The van der Waals surface area contributed by atoms with E-state index in [0.29, 0.717) is 17.8 Å². The van der Waals surface area contributed by atoms with Gasteiger partial charge in [0.1, 0.15) is 11.5 Å². The lowest BCUT2D eigenvalue weighted by Crippen LogP contribution is -2.31. The molecule has 0 saturated carbocycles. The first-order chi connectivity index (χ1) is 19.1. The van der Waals surface area contributed by atoms with Gasteiger partial charge >= 0.3 is 6.43 Å². The topological polar surface area (TPSA) is 51.0 Å². The summed E-state index contributed by atoms with van der Waals surface area (Å²) in [6, 6.07) is 14.0. The standard InChI is InChI=1S/C19H26O.C13H15F2NO.C2H5N/c1-5-10-19(11-6-2)17-12-15(14(4)7-3)8-9-16(17)13-18(19)20;1-4-10-5-7-11(8-6-10)9(2)17-13(16-3)12(14)15;1-3-2/h7-9,12H,5-6,10-11,13H2,1-4H3;5-8,12H,2,4H2,1,3H3;1H2,2H3/b14-7+;;. The molecular weight excluding hydrogens is 506 g/mol. The fourth-order valence-corrected chi connectivity index (χ4v) is 4.91. The molecule has 0 unspecified atom stereocenters. The molecule has 0 amide bonds. The highest BCUT2D eigenvalue weighted by Gasteiger charge is 2.44. The number of carbonyl (C=O) groups excluding carboxylic acids is 1. The van der Waals surface area contributed by atoms with E-state index >= 15 is 0 Å². The summed E-state index contributed by atoms with van der Waals surface area (Å²) in [6.45, 7) is 17.3. The molecule has 0 saturated heterocycles. The van der Waals surface area contributed by atoms with Gasteiger partial charge in [0, 0.05) is 26.1 Å². The molecule has 4 nitrogen and oxygen atoms in total. The van der Waals surface area contributed by atoms with Crippen LogP contribution in [-0.2, 0) is 27.8 Å². The van der Waals surface area contributed by atoms with Crippen molar-refractivity contribution in [2.45, 2.75) is 85.0 Å². The molecule has 6 heteroatoms. The Labute approximate surface area is 240 Å². The van der Waals surface area contributed by atoms with Gasteiger partial charge in [0.25, 0.3) is 5.90 Å². The molecule has 0 radical (unpaired) electrons. The first-order valence-electron chi connectivity index (χ1n) is 13.9. The SMILES string of the molecule is C/C=C(\C)c1ccc2c(c1)C(CCC)(CCC)C(=O)C2.C=C(OC(=NC)C(F)F)c1ccc(CC)cc1.C=NC. The number of nitrogens with zero attached hydrogens (tertiary/aromatic N) is 2.